The fourth-order valence-corrected chi connectivity index (χ4v) is 9.14. The van der Waals surface area contributed by atoms with Crippen molar-refractivity contribution in [3.05, 3.63) is 271 Å². The van der Waals surface area contributed by atoms with E-state index >= 15 is 0 Å². The van der Waals surface area contributed by atoms with Crippen LogP contribution < -0.4 is 4.90 Å². The molecule has 0 fully saturated rings. The van der Waals surface area contributed by atoms with Crippen LogP contribution in [-0.2, 0) is 5.41 Å². The molecule has 290 valence electrons. The number of hydrogen-bond donors (Lipinski definition) is 0. The zero-order chi connectivity index (χ0) is 56.7. The van der Waals surface area contributed by atoms with Crippen LogP contribution >= 0.6 is 0 Å². The molecule has 0 unspecified atom stereocenters. The molecule has 0 radical (unpaired) electrons. The van der Waals surface area contributed by atoms with Gasteiger partial charge in [-0.15, -0.1) is 0 Å². The summed E-state index contributed by atoms with van der Waals surface area (Å²) in [6.45, 7) is 0. The van der Waals surface area contributed by atoms with E-state index in [0.29, 0.717) is 5.56 Å². The van der Waals surface area contributed by atoms with Gasteiger partial charge in [0.05, 0.1) is 30.1 Å². The maximum atomic E-state index is 9.76. The van der Waals surface area contributed by atoms with Gasteiger partial charge in [0.1, 0.15) is 0 Å². The van der Waals surface area contributed by atoms with E-state index in [1.165, 1.54) is 0 Å². The molecule has 10 aromatic rings. The first-order valence-electron chi connectivity index (χ1n) is 29.0. The minimum absolute atomic E-state index is 0.0437. The van der Waals surface area contributed by atoms with E-state index in [-0.39, 0.29) is 5.69 Å². The monoisotopic (exact) mass is 805 g/mol. The van der Waals surface area contributed by atoms with Gasteiger partial charge in [0.15, 0.2) is 0 Å². The van der Waals surface area contributed by atoms with E-state index in [2.05, 4.69) is 66.7 Å². The van der Waals surface area contributed by atoms with Crippen LogP contribution in [0.2, 0.25) is 0 Å². The van der Waals surface area contributed by atoms with Gasteiger partial charge in [-0.2, -0.15) is 0 Å². The van der Waals surface area contributed by atoms with Gasteiger partial charge in [0, 0.05) is 17.1 Å². The molecule has 2 aliphatic rings. The zero-order valence-electron chi connectivity index (χ0n) is 50.7. The van der Waals surface area contributed by atoms with Crippen LogP contribution in [0.3, 0.4) is 0 Å². The normalized spacial score (nSPS) is 16.7. The third kappa shape index (κ3) is 5.70. The van der Waals surface area contributed by atoms with Crippen LogP contribution in [0.1, 0.15) is 46.9 Å². The van der Waals surface area contributed by atoms with E-state index in [1.807, 2.05) is 60.7 Å². The highest BCUT2D eigenvalue weighted by Crippen LogP contribution is 2.63. The first kappa shape index (κ1) is 22.0. The summed E-state index contributed by atoms with van der Waals surface area (Å²) in [5.41, 5.74) is 6.31. The maximum absolute atomic E-state index is 9.76. The maximum Gasteiger partial charge on any atom is 0.0726 e. The van der Waals surface area contributed by atoms with Crippen LogP contribution in [0, 0.1) is 0 Å². The van der Waals surface area contributed by atoms with Gasteiger partial charge in [-0.3, -0.25) is 0 Å². The van der Waals surface area contributed by atoms with Crippen LogP contribution in [-0.4, -0.2) is 0 Å². The van der Waals surface area contributed by atoms with Gasteiger partial charge in [-0.1, -0.05) is 206 Å². The molecule has 0 atom stereocenters. The molecule has 0 aromatic heterocycles. The predicted octanol–water partition coefficient (Wildman–Crippen LogP) is 16.2. The molecular weight excluding hydrogens is 747 g/mol. The molecule has 1 nitrogen and oxygen atoms in total. The zero-order valence-corrected chi connectivity index (χ0v) is 32.7. The lowest BCUT2D eigenvalue weighted by molar-refractivity contribution is 0.794. The van der Waals surface area contributed by atoms with E-state index in [1.54, 1.807) is 12.1 Å². The third-order valence-electron chi connectivity index (χ3n) is 11.8. The summed E-state index contributed by atoms with van der Waals surface area (Å²) in [7, 11) is 0. The molecule has 62 heavy (non-hydrogen) atoms. The van der Waals surface area contributed by atoms with Crippen LogP contribution in [0.25, 0.3) is 66.8 Å². The van der Waals surface area contributed by atoms with Crippen molar-refractivity contribution in [1.29, 1.82) is 0 Å². The van der Waals surface area contributed by atoms with Crippen molar-refractivity contribution in [2.75, 3.05) is 4.90 Å². The minimum Gasteiger partial charge on any atom is -0.310 e. The Labute approximate surface area is 388 Å². The number of anilines is 3. The molecule has 0 amide bonds. The first-order valence-corrected chi connectivity index (χ1v) is 20.0. The van der Waals surface area contributed by atoms with E-state index < -0.39 is 148 Å². The smallest absolute Gasteiger partial charge is 0.0726 e. The highest BCUT2D eigenvalue weighted by molar-refractivity contribution is 5.97. The molecule has 0 saturated carbocycles. The Hall–Kier alpha value is -8.00. The lowest BCUT2D eigenvalue weighted by atomic mass is 9.70. The lowest BCUT2D eigenvalue weighted by Crippen LogP contribution is -2.26. The lowest BCUT2D eigenvalue weighted by Gasteiger charge is -2.32. The fraction of sp³-hybridized carbons (Fsp3) is 0.0164. The number of nitrogens with zero attached hydrogens (tertiary/aromatic N) is 1. The summed E-state index contributed by atoms with van der Waals surface area (Å²) in [5, 5.41) is 0. The topological polar surface area (TPSA) is 3.24 Å². The molecule has 12 rings (SSSR count). The average molecular weight is 806 g/mol. The molecule has 0 bridgehead atoms. The Morgan fingerprint density at radius 2 is 0.677 bits per heavy atom. The predicted molar refractivity (Wildman–Crippen MR) is 259 cm³/mol. The number of hydrogen-bond acceptors (Lipinski definition) is 1. The second-order valence-corrected chi connectivity index (χ2v) is 15.1. The van der Waals surface area contributed by atoms with Gasteiger partial charge < -0.3 is 4.90 Å². The largest absolute Gasteiger partial charge is 0.310 e. The molecular formula is C61H41N. The Bertz CT molecular complexity index is 4050. The van der Waals surface area contributed by atoms with Crippen molar-refractivity contribution in [2.24, 2.45) is 0 Å². The second-order valence-electron chi connectivity index (χ2n) is 15.1. The highest BCUT2D eigenvalue weighted by Gasteiger charge is 2.52. The van der Waals surface area contributed by atoms with Gasteiger partial charge in [0.25, 0.3) is 0 Å². The van der Waals surface area contributed by atoms with Crippen molar-refractivity contribution < 1.29 is 24.7 Å². The summed E-state index contributed by atoms with van der Waals surface area (Å²) < 4.78 is 162. The van der Waals surface area contributed by atoms with Crippen LogP contribution in [0.4, 0.5) is 17.1 Å². The second kappa shape index (κ2) is 14.6. The molecule has 1 heteroatoms. The van der Waals surface area contributed by atoms with Crippen LogP contribution in [0.5, 0.6) is 0 Å². The van der Waals surface area contributed by atoms with Crippen molar-refractivity contribution in [3.63, 3.8) is 0 Å². The first-order chi connectivity index (χ1) is 38.2. The molecule has 0 heterocycles. The van der Waals surface area contributed by atoms with Gasteiger partial charge in [-0.25, -0.2) is 0 Å². The number of rotatable bonds is 7. The third-order valence-corrected chi connectivity index (χ3v) is 11.8. The highest BCUT2D eigenvalue weighted by atomic mass is 15.1. The summed E-state index contributed by atoms with van der Waals surface area (Å²) in [5.74, 6) is 0. The SMILES string of the molecule is [2H]c1c([2H])c([2H])c(-c2c([2H])c([2H])c(N(c3ccc4c(c3)C3(c5ccccc5-c5ccccc53)c3cc(-c5ccc(-c6ccccc6)cc5)ccc3-4)c3c([2H])c([2H])c(-c4c([2H])c([2H])c([2H])c([2H])c4[2H])c([2H])c3[2H])c([2H])c2[2H])c([2H])c1[2H]. The van der Waals surface area contributed by atoms with Gasteiger partial charge in [0.2, 0.25) is 0 Å². The van der Waals surface area contributed by atoms with Crippen molar-refractivity contribution in [3.8, 4) is 66.8 Å². The number of fused-ring (bicyclic) bond motifs is 10. The van der Waals surface area contributed by atoms with Crippen molar-refractivity contribution in [1.82, 2.24) is 0 Å². The van der Waals surface area contributed by atoms with Gasteiger partial charge in [-0.05, 0) is 131 Å². The molecule has 1 spiro atoms. The summed E-state index contributed by atoms with van der Waals surface area (Å²) in [6, 6.07) is 31.4. The standard InChI is InChI=1S/C61H41N/c1-4-14-42(15-5-1)45-24-26-48(27-25-45)49-32-38-55-56-39-37-52(41-60(56)61(59(55)40-49)57-22-12-10-20-53(57)54-21-11-13-23-58(54)61)62(50-33-28-46(29-34-50)43-16-6-2-7-17-43)51-35-30-47(31-36-51)44-18-8-3-9-19-44/h1-41H/i2D,3D,6D,7D,8D,9D,16D,17D,18D,19D,28D,29D,30D,31D,33D,34D,35D,36D. The fourth-order valence-electron chi connectivity index (χ4n) is 9.14. The van der Waals surface area contributed by atoms with Gasteiger partial charge >= 0.3 is 0 Å². The molecule has 0 saturated heterocycles. The molecule has 2 aliphatic carbocycles. The van der Waals surface area contributed by atoms with Crippen LogP contribution in [0.15, 0.2) is 248 Å². The minimum atomic E-state index is -1.08. The van der Waals surface area contributed by atoms with E-state index in [9.17, 15) is 11.0 Å². The molecule has 0 aliphatic heterocycles. The average Bonchev–Trinajstić information content (AvgIpc) is 3.99. The number of benzene rings is 10. The van der Waals surface area contributed by atoms with Crippen molar-refractivity contribution in [2.45, 2.75) is 5.41 Å². The Morgan fingerprint density at radius 3 is 1.23 bits per heavy atom. The molecule has 0 N–H and O–H groups in total. The summed E-state index contributed by atoms with van der Waals surface area (Å²) >= 11 is 0. The summed E-state index contributed by atoms with van der Waals surface area (Å²) in [6.07, 6.45) is 0. The Kier molecular flexibility index (Phi) is 5.19. The van der Waals surface area contributed by atoms with E-state index in [4.69, 9.17) is 13.7 Å². The summed E-state index contributed by atoms with van der Waals surface area (Å²) in [4.78, 5) is 1.09. The Balaban J connectivity index is 1.15. The Morgan fingerprint density at radius 1 is 0.274 bits per heavy atom. The van der Waals surface area contributed by atoms with Crippen molar-refractivity contribution >= 4 is 17.1 Å². The quantitative estimate of drug-likeness (QED) is 0.155. The van der Waals surface area contributed by atoms with E-state index in [0.717, 1.165) is 66.1 Å². The molecule has 10 aromatic carbocycles.